The summed E-state index contributed by atoms with van der Waals surface area (Å²) < 4.78 is 0. The summed E-state index contributed by atoms with van der Waals surface area (Å²) in [5, 5.41) is 0. The average molecular weight is 338 g/mol. The van der Waals surface area contributed by atoms with Crippen LogP contribution in [-0.4, -0.2) is 30.9 Å². The van der Waals surface area contributed by atoms with E-state index in [1.807, 2.05) is 6.07 Å². The molecule has 1 saturated heterocycles. The number of carbonyl (C=O) groups excluding carboxylic acids is 1. The van der Waals surface area contributed by atoms with E-state index in [0.717, 1.165) is 38.8 Å². The van der Waals surface area contributed by atoms with Crippen molar-refractivity contribution < 1.29 is 4.79 Å². The number of nitrogens with two attached hydrogens (primary N) is 1. The van der Waals surface area contributed by atoms with Crippen molar-refractivity contribution in [2.24, 2.45) is 5.73 Å². The Morgan fingerprint density at radius 2 is 1.83 bits per heavy atom. The van der Waals surface area contributed by atoms with Crippen molar-refractivity contribution in [3.05, 3.63) is 62.3 Å². The van der Waals surface area contributed by atoms with E-state index in [-0.39, 0.29) is 5.91 Å². The molecule has 1 fully saturated rings. The molecule has 2 aliphatic rings. The van der Waals surface area contributed by atoms with E-state index in [9.17, 15) is 4.79 Å². The van der Waals surface area contributed by atoms with Gasteiger partial charge >= 0.3 is 0 Å². The average Bonchev–Trinajstić information content (AvgIpc) is 2.94. The molecule has 0 unspecified atom stereocenters. The summed E-state index contributed by atoms with van der Waals surface area (Å²) in [6, 6.07) is 10.8. The van der Waals surface area contributed by atoms with Crippen LogP contribution < -0.4 is 5.73 Å². The molecule has 1 aliphatic heterocycles. The maximum absolute atomic E-state index is 11.7. The Bertz CT molecular complexity index is 824. The van der Waals surface area contributed by atoms with E-state index in [4.69, 9.17) is 5.73 Å². The van der Waals surface area contributed by atoms with Crippen molar-refractivity contribution in [2.75, 3.05) is 20.1 Å². The lowest BCUT2D eigenvalue weighted by Crippen LogP contribution is -2.27. The molecule has 0 saturated carbocycles. The second kappa shape index (κ2) is 6.19. The third-order valence-electron chi connectivity index (χ3n) is 5.17. The summed E-state index contributed by atoms with van der Waals surface area (Å²) in [6.45, 7) is 2.20. The maximum Gasteiger partial charge on any atom is 0.258 e. The minimum Gasteiger partial charge on any atom is -0.365 e. The van der Waals surface area contributed by atoms with Crippen LogP contribution in [-0.2, 0) is 12.8 Å². The van der Waals surface area contributed by atoms with E-state index >= 15 is 0 Å². The zero-order chi connectivity index (χ0) is 16.7. The summed E-state index contributed by atoms with van der Waals surface area (Å²) in [7, 11) is 2.18. The number of hydrogen-bond donors (Lipinski definition) is 1. The molecule has 4 rings (SSSR count). The predicted octanol–water partition coefficient (Wildman–Crippen LogP) is 3.47. The highest BCUT2D eigenvalue weighted by Crippen LogP contribution is 2.41. The third kappa shape index (κ3) is 2.70. The Morgan fingerprint density at radius 3 is 2.58 bits per heavy atom. The maximum atomic E-state index is 11.7. The number of benzene rings is 1. The van der Waals surface area contributed by atoms with Gasteiger partial charge in [-0.25, -0.2) is 0 Å². The first-order valence-electron chi connectivity index (χ1n) is 8.55. The number of amides is 1. The first kappa shape index (κ1) is 15.6. The standard InChI is InChI=1S/C20H22N2OS/c1-22-10-8-14(9-11-22)19-15-5-3-2-4-13(15)6-7-17-16(19)12-18(24-17)20(21)23/h2-5,12H,6-11H2,1H3,(H2,21,23). The number of primary amides is 1. The largest absolute Gasteiger partial charge is 0.365 e. The zero-order valence-electron chi connectivity index (χ0n) is 14.0. The third-order valence-corrected chi connectivity index (χ3v) is 6.38. The Balaban J connectivity index is 1.92. The van der Waals surface area contributed by atoms with Gasteiger partial charge < -0.3 is 10.6 Å². The predicted molar refractivity (Wildman–Crippen MR) is 99.4 cm³/mol. The number of rotatable bonds is 1. The molecule has 3 nitrogen and oxygen atoms in total. The van der Waals surface area contributed by atoms with Gasteiger partial charge in [-0.15, -0.1) is 11.3 Å². The molecular weight excluding hydrogens is 316 g/mol. The van der Waals surface area contributed by atoms with E-state index in [1.165, 1.54) is 32.7 Å². The molecule has 2 heterocycles. The van der Waals surface area contributed by atoms with E-state index in [1.54, 1.807) is 11.3 Å². The van der Waals surface area contributed by atoms with Crippen molar-refractivity contribution in [1.82, 2.24) is 4.90 Å². The molecule has 1 aliphatic carbocycles. The highest BCUT2D eigenvalue weighted by Gasteiger charge is 2.25. The summed E-state index contributed by atoms with van der Waals surface area (Å²) >= 11 is 1.58. The summed E-state index contributed by atoms with van der Waals surface area (Å²) in [6.07, 6.45) is 4.21. The summed E-state index contributed by atoms with van der Waals surface area (Å²) in [4.78, 5) is 16.1. The SMILES string of the molecule is CN1CCC(=C2c3ccccc3CCc3sc(C(N)=O)cc32)CC1. The lowest BCUT2D eigenvalue weighted by molar-refractivity contribution is 0.100. The highest BCUT2D eigenvalue weighted by molar-refractivity contribution is 7.14. The van der Waals surface area contributed by atoms with Crippen LogP contribution in [0, 0.1) is 0 Å². The van der Waals surface area contributed by atoms with Gasteiger partial charge in [-0.3, -0.25) is 4.79 Å². The van der Waals surface area contributed by atoms with E-state index in [2.05, 4.69) is 36.2 Å². The van der Waals surface area contributed by atoms with E-state index < -0.39 is 0 Å². The van der Waals surface area contributed by atoms with Crippen LogP contribution in [0.15, 0.2) is 35.9 Å². The van der Waals surface area contributed by atoms with Crippen LogP contribution in [0.25, 0.3) is 5.57 Å². The number of likely N-dealkylation sites (tertiary alicyclic amines) is 1. The molecule has 24 heavy (non-hydrogen) atoms. The number of nitrogens with zero attached hydrogens (tertiary/aromatic N) is 1. The molecule has 2 N–H and O–H groups in total. The van der Waals surface area contributed by atoms with Crippen molar-refractivity contribution in [2.45, 2.75) is 25.7 Å². The number of carbonyl (C=O) groups is 1. The Kier molecular flexibility index (Phi) is 4.02. The van der Waals surface area contributed by atoms with Crippen LogP contribution in [0.4, 0.5) is 0 Å². The molecule has 0 bridgehead atoms. The second-order valence-electron chi connectivity index (χ2n) is 6.75. The molecule has 1 amide bonds. The van der Waals surface area contributed by atoms with Crippen molar-refractivity contribution in [1.29, 1.82) is 0 Å². The van der Waals surface area contributed by atoms with Gasteiger partial charge in [0.15, 0.2) is 0 Å². The van der Waals surface area contributed by atoms with Gasteiger partial charge in [-0.05, 0) is 61.1 Å². The fourth-order valence-corrected chi connectivity index (χ4v) is 4.86. The van der Waals surface area contributed by atoms with Gasteiger partial charge in [-0.2, -0.15) is 0 Å². The minimum atomic E-state index is -0.311. The topological polar surface area (TPSA) is 46.3 Å². The normalized spacial score (nSPS) is 18.0. The fraction of sp³-hybridized carbons (Fsp3) is 0.350. The van der Waals surface area contributed by atoms with Crippen LogP contribution in [0.1, 0.15) is 44.1 Å². The zero-order valence-corrected chi connectivity index (χ0v) is 14.8. The molecule has 124 valence electrons. The first-order chi connectivity index (χ1) is 11.6. The van der Waals surface area contributed by atoms with Gasteiger partial charge in [-0.1, -0.05) is 29.8 Å². The summed E-state index contributed by atoms with van der Waals surface area (Å²) in [5.74, 6) is -0.311. The van der Waals surface area contributed by atoms with Gasteiger partial charge in [0.25, 0.3) is 5.91 Å². The lowest BCUT2D eigenvalue weighted by Gasteiger charge is -2.27. The molecule has 0 spiro atoms. The van der Waals surface area contributed by atoms with Gasteiger partial charge in [0, 0.05) is 18.0 Å². The number of hydrogen-bond acceptors (Lipinski definition) is 3. The Hall–Kier alpha value is -1.91. The van der Waals surface area contributed by atoms with Gasteiger partial charge in [0.2, 0.25) is 0 Å². The molecule has 1 aromatic heterocycles. The van der Waals surface area contributed by atoms with Crippen LogP contribution in [0.2, 0.25) is 0 Å². The quantitative estimate of drug-likeness (QED) is 0.865. The number of aryl methyl sites for hydroxylation is 2. The molecule has 0 radical (unpaired) electrons. The second-order valence-corrected chi connectivity index (χ2v) is 7.89. The first-order valence-corrected chi connectivity index (χ1v) is 9.37. The fourth-order valence-electron chi connectivity index (χ4n) is 3.84. The number of piperidine rings is 1. The molecule has 4 heteroatoms. The van der Waals surface area contributed by atoms with Crippen LogP contribution in [0.3, 0.4) is 0 Å². The minimum absolute atomic E-state index is 0.311. The molecule has 1 aromatic carbocycles. The smallest absolute Gasteiger partial charge is 0.258 e. The highest BCUT2D eigenvalue weighted by atomic mass is 32.1. The van der Waals surface area contributed by atoms with Crippen LogP contribution in [0.5, 0.6) is 0 Å². The number of fused-ring (bicyclic) bond motifs is 2. The molecule has 0 atom stereocenters. The van der Waals surface area contributed by atoms with Crippen molar-refractivity contribution in [3.63, 3.8) is 0 Å². The molecule has 2 aromatic rings. The lowest BCUT2D eigenvalue weighted by atomic mass is 9.87. The van der Waals surface area contributed by atoms with Crippen molar-refractivity contribution in [3.8, 4) is 0 Å². The van der Waals surface area contributed by atoms with E-state index in [0.29, 0.717) is 4.88 Å². The number of thiophene rings is 1. The molecular formula is C20H22N2OS. The summed E-state index contributed by atoms with van der Waals surface area (Å²) in [5.41, 5.74) is 12.5. The van der Waals surface area contributed by atoms with Crippen molar-refractivity contribution >= 4 is 22.8 Å². The Morgan fingerprint density at radius 1 is 1.08 bits per heavy atom. The Labute approximate surface area is 146 Å². The van der Waals surface area contributed by atoms with Crippen LogP contribution >= 0.6 is 11.3 Å². The van der Waals surface area contributed by atoms with Gasteiger partial charge in [0.1, 0.15) is 0 Å². The van der Waals surface area contributed by atoms with Gasteiger partial charge in [0.05, 0.1) is 4.88 Å². The monoisotopic (exact) mass is 338 g/mol.